The van der Waals surface area contributed by atoms with E-state index in [2.05, 4.69) is 67.8 Å². The summed E-state index contributed by atoms with van der Waals surface area (Å²) in [7, 11) is 0. The highest BCUT2D eigenvalue weighted by Crippen LogP contribution is 2.09. The fourth-order valence-electron chi connectivity index (χ4n) is 2.38. The molecule has 1 rings (SSSR count). The minimum absolute atomic E-state index is 0.608. The number of hydrogen-bond acceptors (Lipinski definition) is 2. The number of nitrogens with zero attached hydrogens (tertiary/aromatic N) is 2. The molecule has 0 spiro atoms. The van der Waals surface area contributed by atoms with E-state index in [0.717, 1.165) is 19.6 Å². The van der Waals surface area contributed by atoms with Crippen LogP contribution in [0.5, 0.6) is 0 Å². The third-order valence-electron chi connectivity index (χ3n) is 3.77. The van der Waals surface area contributed by atoms with E-state index in [4.69, 9.17) is 0 Å². The molecule has 0 amide bonds. The van der Waals surface area contributed by atoms with Gasteiger partial charge in [0, 0.05) is 12.6 Å². The van der Waals surface area contributed by atoms with Gasteiger partial charge in [0.2, 0.25) is 0 Å². The Bertz CT molecular complexity index is 317. The lowest BCUT2D eigenvalue weighted by Gasteiger charge is -2.28. The average Bonchev–Trinajstić information content (AvgIpc) is 2.43. The second kappa shape index (κ2) is 9.11. The van der Waals surface area contributed by atoms with Crippen LogP contribution in [-0.4, -0.2) is 42.0 Å². The first-order valence-electron chi connectivity index (χ1n) is 7.67. The van der Waals surface area contributed by atoms with Gasteiger partial charge >= 0.3 is 0 Å². The molecule has 0 bridgehead atoms. The quantitative estimate of drug-likeness (QED) is 0.670. The molecule has 1 aromatic carbocycles. The van der Waals surface area contributed by atoms with Gasteiger partial charge in [-0.3, -0.25) is 4.90 Å². The minimum atomic E-state index is 0.608. The van der Waals surface area contributed by atoms with Crippen molar-refractivity contribution in [2.24, 2.45) is 0 Å². The van der Waals surface area contributed by atoms with Crippen molar-refractivity contribution in [3.8, 4) is 0 Å². The highest BCUT2D eigenvalue weighted by atomic mass is 15.2. The van der Waals surface area contributed by atoms with Crippen LogP contribution in [0.4, 0.5) is 0 Å². The van der Waals surface area contributed by atoms with Crippen LogP contribution in [0.1, 0.15) is 39.7 Å². The summed E-state index contributed by atoms with van der Waals surface area (Å²) in [5.74, 6) is 0. The van der Waals surface area contributed by atoms with Crippen molar-refractivity contribution < 1.29 is 0 Å². The van der Waals surface area contributed by atoms with E-state index in [1.807, 2.05) is 0 Å². The zero-order valence-corrected chi connectivity index (χ0v) is 13.1. The molecule has 0 aliphatic rings. The zero-order valence-electron chi connectivity index (χ0n) is 13.1. The monoisotopic (exact) mass is 262 g/mol. The van der Waals surface area contributed by atoms with Crippen LogP contribution >= 0.6 is 0 Å². The molecular formula is C17H30N2. The van der Waals surface area contributed by atoms with Crippen LogP contribution in [0.15, 0.2) is 30.3 Å². The highest BCUT2D eigenvalue weighted by Gasteiger charge is 2.10. The van der Waals surface area contributed by atoms with Gasteiger partial charge in [0.05, 0.1) is 0 Å². The molecule has 0 atom stereocenters. The summed E-state index contributed by atoms with van der Waals surface area (Å²) < 4.78 is 0. The van der Waals surface area contributed by atoms with Gasteiger partial charge in [-0.15, -0.1) is 0 Å². The van der Waals surface area contributed by atoms with Crippen molar-refractivity contribution in [3.05, 3.63) is 35.9 Å². The second-order valence-corrected chi connectivity index (χ2v) is 5.43. The van der Waals surface area contributed by atoms with E-state index >= 15 is 0 Å². The van der Waals surface area contributed by atoms with Crippen molar-refractivity contribution in [3.63, 3.8) is 0 Å². The zero-order chi connectivity index (χ0) is 14.1. The van der Waals surface area contributed by atoms with E-state index < -0.39 is 0 Å². The molecule has 2 nitrogen and oxygen atoms in total. The largest absolute Gasteiger partial charge is 0.304 e. The Labute approximate surface area is 119 Å². The maximum Gasteiger partial charge on any atom is 0.0236 e. The van der Waals surface area contributed by atoms with E-state index in [1.165, 1.54) is 25.1 Å². The third kappa shape index (κ3) is 6.22. The van der Waals surface area contributed by atoms with Gasteiger partial charge in [-0.2, -0.15) is 0 Å². The lowest BCUT2D eigenvalue weighted by atomic mass is 10.2. The van der Waals surface area contributed by atoms with Gasteiger partial charge in [0.25, 0.3) is 0 Å². The first kappa shape index (κ1) is 16.2. The fourth-order valence-corrected chi connectivity index (χ4v) is 2.38. The standard InChI is InChI=1S/C17H30N2/c1-5-18(6-2)13-10-14-19(16(3)4)15-17-11-8-7-9-12-17/h7-9,11-12,16H,5-6,10,13-15H2,1-4H3. The summed E-state index contributed by atoms with van der Waals surface area (Å²) in [6.07, 6.45) is 1.26. The Kier molecular flexibility index (Phi) is 7.76. The molecule has 1 aromatic rings. The van der Waals surface area contributed by atoms with Crippen LogP contribution in [-0.2, 0) is 6.54 Å². The molecule has 0 saturated heterocycles. The molecule has 2 heteroatoms. The van der Waals surface area contributed by atoms with Gasteiger partial charge in [0.15, 0.2) is 0 Å². The molecular weight excluding hydrogens is 232 g/mol. The Balaban J connectivity index is 2.41. The lowest BCUT2D eigenvalue weighted by molar-refractivity contribution is 0.193. The Morgan fingerprint density at radius 1 is 0.947 bits per heavy atom. The minimum Gasteiger partial charge on any atom is -0.304 e. The van der Waals surface area contributed by atoms with Gasteiger partial charge in [-0.05, 0) is 52.0 Å². The van der Waals surface area contributed by atoms with E-state index in [-0.39, 0.29) is 0 Å². The number of rotatable bonds is 9. The summed E-state index contributed by atoms with van der Waals surface area (Å²) in [5.41, 5.74) is 1.42. The summed E-state index contributed by atoms with van der Waals surface area (Å²) in [5, 5.41) is 0. The van der Waals surface area contributed by atoms with E-state index in [1.54, 1.807) is 0 Å². The summed E-state index contributed by atoms with van der Waals surface area (Å²) in [6, 6.07) is 11.4. The van der Waals surface area contributed by atoms with Crippen molar-refractivity contribution in [1.82, 2.24) is 9.80 Å². The molecule has 0 aromatic heterocycles. The first-order valence-corrected chi connectivity index (χ1v) is 7.67. The Hall–Kier alpha value is -0.860. The molecule has 0 unspecified atom stereocenters. The lowest BCUT2D eigenvalue weighted by Crippen LogP contribution is -2.34. The van der Waals surface area contributed by atoms with Gasteiger partial charge in [0.1, 0.15) is 0 Å². The SMILES string of the molecule is CCN(CC)CCCN(Cc1ccccc1)C(C)C. The molecule has 19 heavy (non-hydrogen) atoms. The topological polar surface area (TPSA) is 6.48 Å². The molecule has 0 heterocycles. The van der Waals surface area contributed by atoms with Gasteiger partial charge in [-0.25, -0.2) is 0 Å². The third-order valence-corrected chi connectivity index (χ3v) is 3.77. The van der Waals surface area contributed by atoms with Crippen LogP contribution in [0, 0.1) is 0 Å². The predicted molar refractivity (Wildman–Crippen MR) is 84.4 cm³/mol. The molecule has 0 radical (unpaired) electrons. The van der Waals surface area contributed by atoms with Crippen molar-refractivity contribution >= 4 is 0 Å². The molecule has 0 aliphatic carbocycles. The highest BCUT2D eigenvalue weighted by molar-refractivity contribution is 5.14. The maximum atomic E-state index is 2.57. The molecule has 0 N–H and O–H groups in total. The van der Waals surface area contributed by atoms with Crippen LogP contribution in [0.25, 0.3) is 0 Å². The smallest absolute Gasteiger partial charge is 0.0236 e. The predicted octanol–water partition coefficient (Wildman–Crippen LogP) is 3.63. The van der Waals surface area contributed by atoms with E-state index in [0.29, 0.717) is 6.04 Å². The maximum absolute atomic E-state index is 2.57. The Morgan fingerprint density at radius 2 is 1.58 bits per heavy atom. The van der Waals surface area contributed by atoms with Crippen molar-refractivity contribution in [1.29, 1.82) is 0 Å². The summed E-state index contributed by atoms with van der Waals surface area (Å²) in [6.45, 7) is 14.9. The van der Waals surface area contributed by atoms with Crippen LogP contribution < -0.4 is 0 Å². The van der Waals surface area contributed by atoms with Gasteiger partial charge in [-0.1, -0.05) is 44.2 Å². The summed E-state index contributed by atoms with van der Waals surface area (Å²) >= 11 is 0. The number of benzene rings is 1. The number of hydrogen-bond donors (Lipinski definition) is 0. The fraction of sp³-hybridized carbons (Fsp3) is 0.647. The van der Waals surface area contributed by atoms with Crippen LogP contribution in [0.3, 0.4) is 0 Å². The first-order chi connectivity index (χ1) is 9.17. The molecule has 0 saturated carbocycles. The normalized spacial score (nSPS) is 11.7. The van der Waals surface area contributed by atoms with Crippen LogP contribution in [0.2, 0.25) is 0 Å². The van der Waals surface area contributed by atoms with Gasteiger partial charge < -0.3 is 4.90 Å². The van der Waals surface area contributed by atoms with Crippen molar-refractivity contribution in [2.75, 3.05) is 26.2 Å². The molecule has 108 valence electrons. The molecule has 0 aliphatic heterocycles. The Morgan fingerprint density at radius 3 is 2.11 bits per heavy atom. The summed E-state index contributed by atoms with van der Waals surface area (Å²) in [4.78, 5) is 5.07. The average molecular weight is 262 g/mol. The molecule has 0 fully saturated rings. The van der Waals surface area contributed by atoms with Crippen molar-refractivity contribution in [2.45, 2.75) is 46.7 Å². The van der Waals surface area contributed by atoms with E-state index in [9.17, 15) is 0 Å². The second-order valence-electron chi connectivity index (χ2n) is 5.43.